The summed E-state index contributed by atoms with van der Waals surface area (Å²) in [6, 6.07) is 23.0. The van der Waals surface area contributed by atoms with E-state index in [1.807, 2.05) is 0 Å². The molecule has 3 heteroatoms. The van der Waals surface area contributed by atoms with Gasteiger partial charge in [-0.15, -0.1) is 0 Å². The number of carbonyl (C=O) groups is 1. The van der Waals surface area contributed by atoms with Crippen LogP contribution in [0.25, 0.3) is 0 Å². The first kappa shape index (κ1) is 24.6. The van der Waals surface area contributed by atoms with Crippen LogP contribution in [0.4, 0.5) is 0 Å². The number of aryl methyl sites for hydroxylation is 1. The molecule has 3 nitrogen and oxygen atoms in total. The van der Waals surface area contributed by atoms with Gasteiger partial charge >= 0.3 is 0 Å². The fourth-order valence-electron chi connectivity index (χ4n) is 7.14. The van der Waals surface area contributed by atoms with Gasteiger partial charge in [-0.25, -0.2) is 0 Å². The van der Waals surface area contributed by atoms with Gasteiger partial charge in [0.15, 0.2) is 0 Å². The van der Waals surface area contributed by atoms with Crippen molar-refractivity contribution in [2.45, 2.75) is 89.1 Å². The summed E-state index contributed by atoms with van der Waals surface area (Å²) in [6.07, 6.45) is 12.6. The molecular weight excluding hydrogens is 428 g/mol. The van der Waals surface area contributed by atoms with Crippen LogP contribution in [0.5, 0.6) is 0 Å². The quantitative estimate of drug-likeness (QED) is 0.406. The first-order valence-corrected chi connectivity index (χ1v) is 14.3. The average molecular weight is 473 g/mol. The Balaban J connectivity index is 1.16. The molecular formula is C32H44N2O. The molecule has 35 heavy (non-hydrogen) atoms. The van der Waals surface area contributed by atoms with Crippen molar-refractivity contribution in [3.05, 3.63) is 71.8 Å². The van der Waals surface area contributed by atoms with Crippen LogP contribution in [0, 0.1) is 11.8 Å². The van der Waals surface area contributed by atoms with Crippen molar-refractivity contribution < 1.29 is 4.79 Å². The molecule has 0 N–H and O–H groups in total. The van der Waals surface area contributed by atoms with Crippen molar-refractivity contribution >= 4 is 5.91 Å². The lowest BCUT2D eigenvalue weighted by Gasteiger charge is -2.41. The Kier molecular flexibility index (Phi) is 8.24. The zero-order chi connectivity index (χ0) is 24.0. The maximum absolute atomic E-state index is 12.6. The second-order valence-corrected chi connectivity index (χ2v) is 11.5. The standard InChI is InChI=1S/C32H44N2O/c1-25(35)34(30-16-9-17-30)31-22-29(32(23-31)28-14-6-3-7-15-28)24-33-20-18-27(19-21-33)13-8-12-26-10-4-2-5-11-26/h2-7,10-11,14-15,27,29-32H,8-9,12-13,16-24H2,1H3/t29-,31?,32-/m1/s1. The molecule has 1 saturated heterocycles. The SMILES string of the molecule is CC(=O)N(C1CCC1)C1C[C@H](CN2CCC(CCCc3ccccc3)CC2)[C@@H](c2ccccc2)C1. The number of carbonyl (C=O) groups excluding carboxylic acids is 1. The van der Waals surface area contributed by atoms with E-state index in [1.54, 1.807) is 6.92 Å². The van der Waals surface area contributed by atoms with Crippen LogP contribution in [-0.4, -0.2) is 47.4 Å². The Morgan fingerprint density at radius 3 is 2.20 bits per heavy atom. The van der Waals surface area contributed by atoms with Crippen LogP contribution in [0.15, 0.2) is 60.7 Å². The van der Waals surface area contributed by atoms with Crippen molar-refractivity contribution in [2.24, 2.45) is 11.8 Å². The number of nitrogens with zero attached hydrogens (tertiary/aromatic N) is 2. The third-order valence-electron chi connectivity index (χ3n) is 9.24. The van der Waals surface area contributed by atoms with E-state index >= 15 is 0 Å². The van der Waals surface area contributed by atoms with E-state index in [-0.39, 0.29) is 0 Å². The predicted molar refractivity (Wildman–Crippen MR) is 144 cm³/mol. The summed E-state index contributed by atoms with van der Waals surface area (Å²) >= 11 is 0. The van der Waals surface area contributed by atoms with E-state index in [1.165, 1.54) is 88.5 Å². The second kappa shape index (κ2) is 11.7. The number of likely N-dealkylation sites (tertiary alicyclic amines) is 1. The smallest absolute Gasteiger partial charge is 0.219 e. The van der Waals surface area contributed by atoms with Crippen molar-refractivity contribution in [3.8, 4) is 0 Å². The highest BCUT2D eigenvalue weighted by Crippen LogP contribution is 2.44. The van der Waals surface area contributed by atoms with Gasteiger partial charge in [-0.05, 0) is 99.8 Å². The molecule has 2 aromatic carbocycles. The van der Waals surface area contributed by atoms with Crippen LogP contribution < -0.4 is 0 Å². The molecule has 188 valence electrons. The Hall–Kier alpha value is -2.13. The van der Waals surface area contributed by atoms with Gasteiger partial charge in [0.2, 0.25) is 5.91 Å². The van der Waals surface area contributed by atoms with E-state index < -0.39 is 0 Å². The van der Waals surface area contributed by atoms with E-state index in [4.69, 9.17) is 0 Å². The fourth-order valence-corrected chi connectivity index (χ4v) is 7.14. The monoisotopic (exact) mass is 472 g/mol. The molecule has 0 aromatic heterocycles. The molecule has 3 atom stereocenters. The molecule has 1 heterocycles. The van der Waals surface area contributed by atoms with Crippen molar-refractivity contribution in [3.63, 3.8) is 0 Å². The summed E-state index contributed by atoms with van der Waals surface area (Å²) in [5.74, 6) is 2.41. The zero-order valence-electron chi connectivity index (χ0n) is 21.7. The Bertz CT molecular complexity index is 917. The highest BCUT2D eigenvalue weighted by Gasteiger charge is 2.42. The Labute approximate surface area is 212 Å². The molecule has 2 aliphatic carbocycles. The summed E-state index contributed by atoms with van der Waals surface area (Å²) in [7, 11) is 0. The molecule has 1 aliphatic heterocycles. The first-order valence-electron chi connectivity index (χ1n) is 14.3. The van der Waals surface area contributed by atoms with Gasteiger partial charge in [0.25, 0.3) is 0 Å². The van der Waals surface area contributed by atoms with E-state index in [2.05, 4.69) is 70.5 Å². The van der Waals surface area contributed by atoms with Crippen molar-refractivity contribution in [2.75, 3.05) is 19.6 Å². The van der Waals surface area contributed by atoms with Crippen LogP contribution >= 0.6 is 0 Å². The van der Waals surface area contributed by atoms with E-state index in [0.29, 0.717) is 29.8 Å². The molecule has 0 spiro atoms. The summed E-state index contributed by atoms with van der Waals surface area (Å²) < 4.78 is 0. The maximum atomic E-state index is 12.6. The Morgan fingerprint density at radius 2 is 1.57 bits per heavy atom. The van der Waals surface area contributed by atoms with Gasteiger partial charge in [0.1, 0.15) is 0 Å². The van der Waals surface area contributed by atoms with Crippen LogP contribution in [0.2, 0.25) is 0 Å². The lowest BCUT2D eigenvalue weighted by atomic mass is 9.87. The van der Waals surface area contributed by atoms with Gasteiger partial charge in [0, 0.05) is 25.6 Å². The van der Waals surface area contributed by atoms with Crippen LogP contribution in [-0.2, 0) is 11.2 Å². The predicted octanol–water partition coefficient (Wildman–Crippen LogP) is 6.68. The Morgan fingerprint density at radius 1 is 0.886 bits per heavy atom. The minimum Gasteiger partial charge on any atom is -0.337 e. The number of piperidine rings is 1. The topological polar surface area (TPSA) is 23.6 Å². The molecule has 5 rings (SSSR count). The fraction of sp³-hybridized carbons (Fsp3) is 0.594. The van der Waals surface area contributed by atoms with Crippen molar-refractivity contribution in [1.29, 1.82) is 0 Å². The molecule has 3 aliphatic rings. The van der Waals surface area contributed by atoms with Crippen LogP contribution in [0.1, 0.15) is 81.8 Å². The van der Waals surface area contributed by atoms with Crippen molar-refractivity contribution in [1.82, 2.24) is 9.80 Å². The summed E-state index contributed by atoms with van der Waals surface area (Å²) in [5.41, 5.74) is 2.96. The lowest BCUT2D eigenvalue weighted by Crippen LogP contribution is -2.48. The molecule has 0 radical (unpaired) electrons. The average Bonchev–Trinajstić information content (AvgIpc) is 3.26. The number of hydrogen-bond acceptors (Lipinski definition) is 2. The summed E-state index contributed by atoms with van der Waals surface area (Å²) in [5, 5.41) is 0. The van der Waals surface area contributed by atoms with Gasteiger partial charge in [-0.3, -0.25) is 4.79 Å². The number of amides is 1. The summed E-state index contributed by atoms with van der Waals surface area (Å²) in [6.45, 7) is 5.49. The molecule has 1 unspecified atom stereocenters. The lowest BCUT2D eigenvalue weighted by molar-refractivity contribution is -0.135. The molecule has 3 fully saturated rings. The largest absolute Gasteiger partial charge is 0.337 e. The minimum absolute atomic E-state index is 0.295. The highest BCUT2D eigenvalue weighted by atomic mass is 16.2. The number of hydrogen-bond donors (Lipinski definition) is 0. The molecule has 2 saturated carbocycles. The third kappa shape index (κ3) is 6.17. The van der Waals surface area contributed by atoms with Gasteiger partial charge in [-0.1, -0.05) is 67.1 Å². The third-order valence-corrected chi connectivity index (χ3v) is 9.24. The van der Waals surface area contributed by atoms with E-state index in [0.717, 1.165) is 12.3 Å². The van der Waals surface area contributed by atoms with Gasteiger partial charge in [-0.2, -0.15) is 0 Å². The van der Waals surface area contributed by atoms with Gasteiger partial charge in [0.05, 0.1) is 0 Å². The van der Waals surface area contributed by atoms with Gasteiger partial charge < -0.3 is 9.80 Å². The number of rotatable bonds is 9. The first-order chi connectivity index (χ1) is 17.2. The molecule has 2 aromatic rings. The zero-order valence-corrected chi connectivity index (χ0v) is 21.7. The van der Waals surface area contributed by atoms with E-state index in [9.17, 15) is 4.79 Å². The highest BCUT2D eigenvalue weighted by molar-refractivity contribution is 5.74. The van der Waals surface area contributed by atoms with Crippen LogP contribution in [0.3, 0.4) is 0 Å². The molecule has 1 amide bonds. The minimum atomic E-state index is 0.295. The second-order valence-electron chi connectivity index (χ2n) is 11.5. The molecule has 0 bridgehead atoms. The normalized spacial score (nSPS) is 25.9. The number of benzene rings is 2. The summed E-state index contributed by atoms with van der Waals surface area (Å²) in [4.78, 5) is 17.7. The maximum Gasteiger partial charge on any atom is 0.219 e.